The second kappa shape index (κ2) is 8.51. The highest BCUT2D eigenvalue weighted by molar-refractivity contribution is 5.78. The molecular formula is C20H27N. The zero-order valence-corrected chi connectivity index (χ0v) is 13.1. The first kappa shape index (κ1) is 15.6. The topological polar surface area (TPSA) is 26.0 Å². The lowest BCUT2D eigenvalue weighted by molar-refractivity contribution is 0.608. The third-order valence-electron chi connectivity index (χ3n) is 4.07. The molecule has 2 aromatic rings. The predicted octanol–water partition coefficient (Wildman–Crippen LogP) is 5.84. The van der Waals surface area contributed by atoms with Crippen LogP contribution in [0.15, 0.2) is 48.5 Å². The fourth-order valence-electron chi connectivity index (χ4n) is 2.84. The fourth-order valence-corrected chi connectivity index (χ4v) is 2.84. The number of aryl methyl sites for hydroxylation is 1. The van der Waals surface area contributed by atoms with Crippen molar-refractivity contribution >= 4 is 5.69 Å². The summed E-state index contributed by atoms with van der Waals surface area (Å²) in [5.41, 5.74) is 10.9. The Labute approximate surface area is 129 Å². The molecule has 112 valence electrons. The van der Waals surface area contributed by atoms with Crippen molar-refractivity contribution < 1.29 is 0 Å². The van der Waals surface area contributed by atoms with E-state index >= 15 is 0 Å². The summed E-state index contributed by atoms with van der Waals surface area (Å²) in [6.45, 7) is 2.26. The van der Waals surface area contributed by atoms with E-state index in [-0.39, 0.29) is 0 Å². The van der Waals surface area contributed by atoms with Crippen LogP contribution >= 0.6 is 0 Å². The van der Waals surface area contributed by atoms with E-state index in [1.807, 2.05) is 12.1 Å². The second-order valence-corrected chi connectivity index (χ2v) is 5.76. The summed E-state index contributed by atoms with van der Waals surface area (Å²) in [5, 5.41) is 0. The Morgan fingerprint density at radius 1 is 0.714 bits per heavy atom. The summed E-state index contributed by atoms with van der Waals surface area (Å²) >= 11 is 0. The molecule has 0 aliphatic carbocycles. The smallest absolute Gasteiger partial charge is 0.0393 e. The quantitative estimate of drug-likeness (QED) is 0.477. The van der Waals surface area contributed by atoms with Crippen molar-refractivity contribution in [1.29, 1.82) is 0 Å². The molecule has 0 unspecified atom stereocenters. The summed E-state index contributed by atoms with van der Waals surface area (Å²) < 4.78 is 0. The number of nitrogen functional groups attached to an aromatic ring is 1. The van der Waals surface area contributed by atoms with Crippen LogP contribution in [0.1, 0.15) is 51.0 Å². The van der Waals surface area contributed by atoms with E-state index in [0.717, 1.165) is 12.1 Å². The number of unbranched alkanes of at least 4 members (excludes halogenated alkanes) is 5. The van der Waals surface area contributed by atoms with Crippen LogP contribution in [0.2, 0.25) is 0 Å². The van der Waals surface area contributed by atoms with Crippen molar-refractivity contribution in [2.75, 3.05) is 5.73 Å². The molecule has 0 radical (unpaired) electrons. The SMILES string of the molecule is CCCCCCCCc1ccccc1-c1ccccc1N. The fraction of sp³-hybridized carbons (Fsp3) is 0.400. The molecule has 0 aliphatic heterocycles. The lowest BCUT2D eigenvalue weighted by Gasteiger charge is -2.11. The first-order valence-electron chi connectivity index (χ1n) is 8.25. The van der Waals surface area contributed by atoms with Gasteiger partial charge in [-0.1, -0.05) is 81.5 Å². The van der Waals surface area contributed by atoms with Crippen LogP contribution < -0.4 is 5.73 Å². The Balaban J connectivity index is 1.99. The van der Waals surface area contributed by atoms with Crippen LogP contribution in [0, 0.1) is 0 Å². The van der Waals surface area contributed by atoms with E-state index in [1.54, 1.807) is 0 Å². The van der Waals surface area contributed by atoms with Gasteiger partial charge < -0.3 is 5.73 Å². The Morgan fingerprint density at radius 3 is 2.10 bits per heavy atom. The van der Waals surface area contributed by atoms with Crippen molar-refractivity contribution in [3.8, 4) is 11.1 Å². The van der Waals surface area contributed by atoms with Crippen LogP contribution in [-0.2, 0) is 6.42 Å². The van der Waals surface area contributed by atoms with Crippen molar-refractivity contribution in [2.24, 2.45) is 0 Å². The summed E-state index contributed by atoms with van der Waals surface area (Å²) in [7, 11) is 0. The van der Waals surface area contributed by atoms with Crippen LogP contribution in [0.3, 0.4) is 0 Å². The van der Waals surface area contributed by atoms with Gasteiger partial charge in [-0.05, 0) is 30.0 Å². The molecule has 0 aromatic heterocycles. The molecule has 0 amide bonds. The number of benzene rings is 2. The van der Waals surface area contributed by atoms with Gasteiger partial charge in [0.15, 0.2) is 0 Å². The zero-order valence-electron chi connectivity index (χ0n) is 13.1. The van der Waals surface area contributed by atoms with Gasteiger partial charge in [-0.25, -0.2) is 0 Å². The third-order valence-corrected chi connectivity index (χ3v) is 4.07. The molecule has 0 atom stereocenters. The summed E-state index contributed by atoms with van der Waals surface area (Å²) in [4.78, 5) is 0. The molecule has 0 bridgehead atoms. The van der Waals surface area contributed by atoms with Crippen molar-refractivity contribution in [3.05, 3.63) is 54.1 Å². The van der Waals surface area contributed by atoms with Crippen molar-refractivity contribution in [3.63, 3.8) is 0 Å². The molecule has 0 heterocycles. The summed E-state index contributed by atoms with van der Waals surface area (Å²) in [6.07, 6.45) is 9.18. The largest absolute Gasteiger partial charge is 0.398 e. The number of nitrogens with two attached hydrogens (primary N) is 1. The summed E-state index contributed by atoms with van der Waals surface area (Å²) in [5.74, 6) is 0. The van der Waals surface area contributed by atoms with Crippen molar-refractivity contribution in [2.45, 2.75) is 51.9 Å². The third kappa shape index (κ3) is 4.63. The first-order chi connectivity index (χ1) is 10.3. The maximum atomic E-state index is 6.13. The Kier molecular flexibility index (Phi) is 6.33. The highest BCUT2D eigenvalue weighted by Gasteiger charge is 2.06. The van der Waals surface area contributed by atoms with Crippen molar-refractivity contribution in [1.82, 2.24) is 0 Å². The molecule has 2 rings (SSSR count). The van der Waals surface area contributed by atoms with Crippen LogP contribution in [-0.4, -0.2) is 0 Å². The minimum atomic E-state index is 0.868. The van der Waals surface area contributed by atoms with E-state index in [4.69, 9.17) is 5.73 Å². The van der Waals surface area contributed by atoms with Gasteiger partial charge in [0.2, 0.25) is 0 Å². The maximum Gasteiger partial charge on any atom is 0.0393 e. The van der Waals surface area contributed by atoms with E-state index in [1.165, 1.54) is 55.2 Å². The predicted molar refractivity (Wildman–Crippen MR) is 93.4 cm³/mol. The molecule has 2 N–H and O–H groups in total. The summed E-state index contributed by atoms with van der Waals surface area (Å²) in [6, 6.07) is 16.8. The maximum absolute atomic E-state index is 6.13. The molecule has 0 spiro atoms. The number of anilines is 1. The molecule has 1 heteroatoms. The van der Waals surface area contributed by atoms with Gasteiger partial charge >= 0.3 is 0 Å². The molecule has 0 aliphatic rings. The normalized spacial score (nSPS) is 10.7. The highest BCUT2D eigenvalue weighted by Crippen LogP contribution is 2.29. The van der Waals surface area contributed by atoms with Crippen LogP contribution in [0.5, 0.6) is 0 Å². The van der Waals surface area contributed by atoms with Crippen LogP contribution in [0.25, 0.3) is 11.1 Å². The van der Waals surface area contributed by atoms with E-state index in [2.05, 4.69) is 43.3 Å². The lowest BCUT2D eigenvalue weighted by Crippen LogP contribution is -1.94. The van der Waals surface area contributed by atoms with Gasteiger partial charge in [-0.2, -0.15) is 0 Å². The molecule has 0 saturated carbocycles. The number of hydrogen-bond acceptors (Lipinski definition) is 1. The lowest BCUT2D eigenvalue weighted by atomic mass is 9.94. The molecule has 2 aromatic carbocycles. The van der Waals surface area contributed by atoms with Gasteiger partial charge in [0.1, 0.15) is 0 Å². The number of para-hydroxylation sites is 1. The Morgan fingerprint density at radius 2 is 1.33 bits per heavy atom. The van der Waals surface area contributed by atoms with Gasteiger partial charge in [0.05, 0.1) is 0 Å². The number of hydrogen-bond donors (Lipinski definition) is 1. The highest BCUT2D eigenvalue weighted by atomic mass is 14.6. The van der Waals surface area contributed by atoms with Gasteiger partial charge in [0.25, 0.3) is 0 Å². The van der Waals surface area contributed by atoms with Gasteiger partial charge in [0, 0.05) is 11.3 Å². The minimum Gasteiger partial charge on any atom is -0.398 e. The molecule has 0 fully saturated rings. The van der Waals surface area contributed by atoms with E-state index < -0.39 is 0 Å². The second-order valence-electron chi connectivity index (χ2n) is 5.76. The van der Waals surface area contributed by atoms with E-state index in [9.17, 15) is 0 Å². The minimum absolute atomic E-state index is 0.868. The molecule has 1 nitrogen and oxygen atoms in total. The molecule has 21 heavy (non-hydrogen) atoms. The Bertz CT molecular complexity index is 545. The van der Waals surface area contributed by atoms with Gasteiger partial charge in [-0.15, -0.1) is 0 Å². The standard InChI is InChI=1S/C20H27N/c1-2-3-4-5-6-7-12-17-13-8-9-14-18(17)19-15-10-11-16-20(19)21/h8-11,13-16H,2-7,12,21H2,1H3. The average molecular weight is 281 g/mol. The average Bonchev–Trinajstić information content (AvgIpc) is 2.52. The number of rotatable bonds is 8. The Hall–Kier alpha value is -1.76. The first-order valence-corrected chi connectivity index (χ1v) is 8.25. The monoisotopic (exact) mass is 281 g/mol. The molecular weight excluding hydrogens is 254 g/mol. The van der Waals surface area contributed by atoms with Gasteiger partial charge in [-0.3, -0.25) is 0 Å². The zero-order chi connectivity index (χ0) is 14.9. The van der Waals surface area contributed by atoms with Crippen LogP contribution in [0.4, 0.5) is 5.69 Å². The molecule has 0 saturated heterocycles. The van der Waals surface area contributed by atoms with E-state index in [0.29, 0.717) is 0 Å².